The number of nitrogens with one attached hydrogen (secondary N) is 3. The second kappa shape index (κ2) is 9.19. The van der Waals surface area contributed by atoms with Gasteiger partial charge in [-0.15, -0.1) is 11.3 Å². The third-order valence-electron chi connectivity index (χ3n) is 4.30. The lowest BCUT2D eigenvalue weighted by atomic mass is 10.1. The topological polar surface area (TPSA) is 62.6 Å². The van der Waals surface area contributed by atoms with Crippen molar-refractivity contribution in [3.63, 3.8) is 0 Å². The Hall–Kier alpha value is -2.41. The first kappa shape index (κ1) is 20.3. The van der Waals surface area contributed by atoms with Crippen molar-refractivity contribution < 1.29 is 14.5 Å². The van der Waals surface area contributed by atoms with Crippen LogP contribution in [0.2, 0.25) is 5.02 Å². The molecule has 0 aliphatic carbocycles. The summed E-state index contributed by atoms with van der Waals surface area (Å²) in [5.41, 5.74) is 1.04. The molecule has 5 nitrogen and oxygen atoms in total. The van der Waals surface area contributed by atoms with E-state index in [1.165, 1.54) is 16.2 Å². The first-order valence-corrected chi connectivity index (χ1v) is 10.2. The average molecular weight is 417 g/mol. The van der Waals surface area contributed by atoms with Crippen LogP contribution in [-0.2, 0) is 4.79 Å². The molecule has 0 unspecified atom stereocenters. The molecule has 1 heterocycles. The normalized spacial score (nSPS) is 12.1. The van der Waals surface area contributed by atoms with Crippen LogP contribution >= 0.6 is 22.9 Å². The summed E-state index contributed by atoms with van der Waals surface area (Å²) in [6, 6.07) is 17.3. The highest BCUT2D eigenvalue weighted by molar-refractivity contribution is 7.21. The number of carbonyl (C=O) groups excluding carboxylic acids is 2. The molecule has 0 saturated heterocycles. The van der Waals surface area contributed by atoms with E-state index in [4.69, 9.17) is 11.6 Å². The second-order valence-corrected chi connectivity index (χ2v) is 8.30. The van der Waals surface area contributed by atoms with E-state index in [0.29, 0.717) is 9.90 Å². The van der Waals surface area contributed by atoms with Gasteiger partial charge in [0.05, 0.1) is 25.7 Å². The standard InChI is InChI=1S/C21H22ClN3O2S/c1-25(2)13-16(14-8-4-3-5-9-14)24-18(26)12-23-21(27)20-19(22)15-10-6-7-11-17(15)28-20/h3-11,16H,12-13H2,1-2H3,(H,23,27)(H,24,26)/p+1/t16-/m1/s1. The van der Waals surface area contributed by atoms with Crippen molar-refractivity contribution in [3.8, 4) is 0 Å². The summed E-state index contributed by atoms with van der Waals surface area (Å²) in [7, 11) is 4.07. The first-order chi connectivity index (χ1) is 13.5. The van der Waals surface area contributed by atoms with E-state index in [9.17, 15) is 9.59 Å². The van der Waals surface area contributed by atoms with E-state index in [0.717, 1.165) is 22.2 Å². The molecule has 1 aromatic heterocycles. The van der Waals surface area contributed by atoms with Gasteiger partial charge >= 0.3 is 0 Å². The van der Waals surface area contributed by atoms with E-state index in [-0.39, 0.29) is 24.4 Å². The van der Waals surface area contributed by atoms with Crippen molar-refractivity contribution >= 4 is 44.8 Å². The molecule has 0 bridgehead atoms. The van der Waals surface area contributed by atoms with Crippen LogP contribution in [0.3, 0.4) is 0 Å². The lowest BCUT2D eigenvalue weighted by Gasteiger charge is -2.21. The van der Waals surface area contributed by atoms with Gasteiger partial charge in [-0.1, -0.05) is 60.1 Å². The second-order valence-electron chi connectivity index (χ2n) is 6.87. The maximum Gasteiger partial charge on any atom is 0.263 e. The molecule has 2 amide bonds. The van der Waals surface area contributed by atoms with Gasteiger partial charge in [-0.05, 0) is 11.6 Å². The molecule has 146 valence electrons. The van der Waals surface area contributed by atoms with Crippen molar-refractivity contribution in [1.29, 1.82) is 0 Å². The maximum atomic E-state index is 12.5. The molecule has 3 aromatic rings. The zero-order chi connectivity index (χ0) is 20.1. The monoisotopic (exact) mass is 416 g/mol. The minimum atomic E-state index is -0.337. The number of fused-ring (bicyclic) bond motifs is 1. The van der Waals surface area contributed by atoms with Crippen LogP contribution in [-0.4, -0.2) is 39.0 Å². The Labute approximate surface area is 173 Å². The SMILES string of the molecule is C[NH+](C)C[C@@H](NC(=O)CNC(=O)c1sc2ccccc2c1Cl)c1ccccc1. The van der Waals surface area contributed by atoms with Gasteiger partial charge in [0.25, 0.3) is 5.91 Å². The number of likely N-dealkylation sites (N-methyl/N-ethyl adjacent to an activating group) is 1. The molecular weight excluding hydrogens is 394 g/mol. The number of quaternary nitrogens is 1. The molecule has 0 spiro atoms. The fourth-order valence-electron chi connectivity index (χ4n) is 2.99. The Morgan fingerprint density at radius 2 is 1.75 bits per heavy atom. The number of benzene rings is 2. The van der Waals surface area contributed by atoms with Gasteiger partial charge in [0.2, 0.25) is 5.91 Å². The van der Waals surface area contributed by atoms with E-state index < -0.39 is 0 Å². The number of amides is 2. The van der Waals surface area contributed by atoms with Crippen molar-refractivity contribution in [1.82, 2.24) is 10.6 Å². The van der Waals surface area contributed by atoms with Gasteiger partial charge in [-0.3, -0.25) is 9.59 Å². The Kier molecular flexibility index (Phi) is 6.67. The molecule has 28 heavy (non-hydrogen) atoms. The Morgan fingerprint density at radius 1 is 1.07 bits per heavy atom. The summed E-state index contributed by atoms with van der Waals surface area (Å²) >= 11 is 7.66. The molecule has 0 fully saturated rings. The molecule has 7 heteroatoms. The van der Waals surface area contributed by atoms with Crippen molar-refractivity contribution in [3.05, 3.63) is 70.1 Å². The van der Waals surface area contributed by atoms with Crippen LogP contribution in [0.4, 0.5) is 0 Å². The van der Waals surface area contributed by atoms with Crippen LogP contribution in [0, 0.1) is 0 Å². The maximum absolute atomic E-state index is 12.5. The highest BCUT2D eigenvalue weighted by Gasteiger charge is 2.20. The average Bonchev–Trinajstić information content (AvgIpc) is 3.03. The predicted octanol–water partition coefficient (Wildman–Crippen LogP) is 2.29. The van der Waals surface area contributed by atoms with Gasteiger partial charge < -0.3 is 15.5 Å². The van der Waals surface area contributed by atoms with Gasteiger partial charge in [0.1, 0.15) is 17.5 Å². The van der Waals surface area contributed by atoms with Crippen LogP contribution in [0.15, 0.2) is 54.6 Å². The zero-order valence-electron chi connectivity index (χ0n) is 15.8. The summed E-state index contributed by atoms with van der Waals surface area (Å²) in [5.74, 6) is -0.573. The Balaban J connectivity index is 1.63. The Bertz CT molecular complexity index is 972. The van der Waals surface area contributed by atoms with Gasteiger partial charge in [0.15, 0.2) is 0 Å². The van der Waals surface area contributed by atoms with E-state index in [2.05, 4.69) is 10.6 Å². The van der Waals surface area contributed by atoms with Crippen molar-refractivity contribution in [2.45, 2.75) is 6.04 Å². The summed E-state index contributed by atoms with van der Waals surface area (Å²) < 4.78 is 0.945. The van der Waals surface area contributed by atoms with E-state index >= 15 is 0 Å². The fraction of sp³-hybridized carbons (Fsp3) is 0.238. The van der Waals surface area contributed by atoms with Crippen molar-refractivity contribution in [2.24, 2.45) is 0 Å². The lowest BCUT2D eigenvalue weighted by molar-refractivity contribution is -0.860. The number of hydrogen-bond acceptors (Lipinski definition) is 3. The predicted molar refractivity (Wildman–Crippen MR) is 114 cm³/mol. The molecular formula is C21H23ClN3O2S+. The fourth-order valence-corrected chi connectivity index (χ4v) is 4.43. The smallest absolute Gasteiger partial charge is 0.263 e. The Morgan fingerprint density at radius 3 is 2.43 bits per heavy atom. The third kappa shape index (κ3) is 4.90. The number of halogens is 1. The van der Waals surface area contributed by atoms with E-state index in [1.54, 1.807) is 0 Å². The largest absolute Gasteiger partial charge is 0.342 e. The van der Waals surface area contributed by atoms with Crippen LogP contribution < -0.4 is 15.5 Å². The molecule has 0 saturated carbocycles. The third-order valence-corrected chi connectivity index (χ3v) is 5.97. The summed E-state index contributed by atoms with van der Waals surface area (Å²) in [6.07, 6.45) is 0. The van der Waals surface area contributed by atoms with Crippen LogP contribution in [0.25, 0.3) is 10.1 Å². The highest BCUT2D eigenvalue weighted by atomic mass is 35.5. The van der Waals surface area contributed by atoms with Gasteiger partial charge in [0, 0.05) is 10.1 Å². The number of rotatable bonds is 7. The first-order valence-electron chi connectivity index (χ1n) is 9.04. The van der Waals surface area contributed by atoms with Gasteiger partial charge in [-0.2, -0.15) is 0 Å². The molecule has 0 radical (unpaired) electrons. The zero-order valence-corrected chi connectivity index (χ0v) is 17.4. The molecule has 2 aromatic carbocycles. The minimum absolute atomic E-state index is 0.102. The quantitative estimate of drug-likeness (QED) is 0.553. The highest BCUT2D eigenvalue weighted by Crippen LogP contribution is 2.34. The molecule has 1 atom stereocenters. The van der Waals surface area contributed by atoms with Crippen LogP contribution in [0.1, 0.15) is 21.3 Å². The van der Waals surface area contributed by atoms with Crippen molar-refractivity contribution in [2.75, 3.05) is 27.2 Å². The molecule has 3 rings (SSSR count). The number of thiophene rings is 1. The molecule has 3 N–H and O–H groups in total. The van der Waals surface area contributed by atoms with Crippen LogP contribution in [0.5, 0.6) is 0 Å². The molecule has 0 aliphatic rings. The summed E-state index contributed by atoms with van der Waals surface area (Å²) in [6.45, 7) is 0.640. The lowest BCUT2D eigenvalue weighted by Crippen LogP contribution is -3.06. The van der Waals surface area contributed by atoms with E-state index in [1.807, 2.05) is 68.7 Å². The number of hydrogen-bond donors (Lipinski definition) is 3. The number of carbonyl (C=O) groups is 2. The minimum Gasteiger partial charge on any atom is -0.342 e. The van der Waals surface area contributed by atoms with Gasteiger partial charge in [-0.25, -0.2) is 0 Å². The summed E-state index contributed by atoms with van der Waals surface area (Å²) in [4.78, 5) is 26.6. The molecule has 0 aliphatic heterocycles. The summed E-state index contributed by atoms with van der Waals surface area (Å²) in [5, 5.41) is 6.96.